The first-order valence-corrected chi connectivity index (χ1v) is 7.01. The maximum Gasteiger partial charge on any atom is 0.411 e. The zero-order valence-electron chi connectivity index (χ0n) is 12.7. The molecule has 2 aromatic rings. The van der Waals surface area contributed by atoms with Gasteiger partial charge in [-0.15, -0.1) is 0 Å². The molecule has 0 atom stereocenters. The maximum atomic E-state index is 12.8. The molecule has 0 fully saturated rings. The summed E-state index contributed by atoms with van der Waals surface area (Å²) >= 11 is 0. The minimum Gasteiger partial charge on any atom is -0.450 e. The molecule has 0 heterocycles. The Kier molecular flexibility index (Phi) is 5.56. The van der Waals surface area contributed by atoms with Gasteiger partial charge in [-0.3, -0.25) is 20.4 Å². The molecule has 0 aliphatic heterocycles. The number of amides is 1. The molecule has 0 unspecified atom stereocenters. The molecule has 0 aliphatic carbocycles. The van der Waals surface area contributed by atoms with Crippen LogP contribution in [0.3, 0.4) is 0 Å². The number of benzene rings is 2. The van der Waals surface area contributed by atoms with Crippen LogP contribution in [-0.2, 0) is 4.74 Å². The highest BCUT2D eigenvalue weighted by Gasteiger charge is 2.17. The number of anilines is 1. The average Bonchev–Trinajstić information content (AvgIpc) is 2.55. The summed E-state index contributed by atoms with van der Waals surface area (Å²) in [5, 5.41) is 13.4. The standard InChI is InChI=1S/C16H14FN3O4/c1-2-24-16(21)19-14-8-7-13(9-15(14)20(22)23)18-10-11-3-5-12(17)6-4-11/h3-10H,2H2,1H3,(H,19,21). The number of carbonyl (C=O) groups excluding carboxylic acids is 1. The second-order valence-electron chi connectivity index (χ2n) is 4.61. The zero-order chi connectivity index (χ0) is 17.5. The summed E-state index contributed by atoms with van der Waals surface area (Å²) in [6, 6.07) is 9.74. The largest absolute Gasteiger partial charge is 0.450 e. The first-order valence-electron chi connectivity index (χ1n) is 7.01. The van der Waals surface area contributed by atoms with Crippen LogP contribution in [0.15, 0.2) is 47.5 Å². The smallest absolute Gasteiger partial charge is 0.411 e. The van der Waals surface area contributed by atoms with Crippen LogP contribution in [0.2, 0.25) is 0 Å². The van der Waals surface area contributed by atoms with Crippen LogP contribution in [0, 0.1) is 15.9 Å². The second kappa shape index (κ2) is 7.82. The monoisotopic (exact) mass is 331 g/mol. The first-order chi connectivity index (χ1) is 11.5. The number of aliphatic imine (C=N–C) groups is 1. The molecule has 0 spiro atoms. The van der Waals surface area contributed by atoms with Crippen molar-refractivity contribution >= 4 is 29.4 Å². The van der Waals surface area contributed by atoms with Gasteiger partial charge < -0.3 is 4.74 Å². The van der Waals surface area contributed by atoms with Gasteiger partial charge in [0.05, 0.1) is 17.2 Å². The summed E-state index contributed by atoms with van der Waals surface area (Å²) in [5.74, 6) is -0.364. The van der Waals surface area contributed by atoms with Gasteiger partial charge in [0.15, 0.2) is 0 Å². The van der Waals surface area contributed by atoms with E-state index in [2.05, 4.69) is 10.3 Å². The number of carbonyl (C=O) groups is 1. The number of nitro benzene ring substituents is 1. The van der Waals surface area contributed by atoms with Crippen LogP contribution >= 0.6 is 0 Å². The van der Waals surface area contributed by atoms with Gasteiger partial charge >= 0.3 is 6.09 Å². The van der Waals surface area contributed by atoms with Crippen molar-refractivity contribution in [2.24, 2.45) is 4.99 Å². The SMILES string of the molecule is CCOC(=O)Nc1ccc(N=Cc2ccc(F)cc2)cc1[N+](=O)[O-]. The molecule has 0 saturated heterocycles. The fraction of sp³-hybridized carbons (Fsp3) is 0.125. The second-order valence-corrected chi connectivity index (χ2v) is 4.61. The highest BCUT2D eigenvalue weighted by atomic mass is 19.1. The third kappa shape index (κ3) is 4.60. The molecule has 8 heteroatoms. The minimum atomic E-state index is -0.775. The fourth-order valence-electron chi connectivity index (χ4n) is 1.83. The maximum absolute atomic E-state index is 12.8. The van der Waals surface area contributed by atoms with E-state index in [1.165, 1.54) is 48.7 Å². The molecule has 0 radical (unpaired) electrons. The van der Waals surface area contributed by atoms with E-state index in [1.807, 2.05) is 0 Å². The van der Waals surface area contributed by atoms with Crippen LogP contribution in [0.25, 0.3) is 0 Å². The van der Waals surface area contributed by atoms with Crippen LogP contribution < -0.4 is 5.32 Å². The van der Waals surface area contributed by atoms with Gasteiger partial charge in [-0.05, 0) is 36.8 Å². The summed E-state index contributed by atoms with van der Waals surface area (Å²) < 4.78 is 17.5. The van der Waals surface area contributed by atoms with Crippen molar-refractivity contribution in [2.75, 3.05) is 11.9 Å². The molecule has 24 heavy (non-hydrogen) atoms. The molecule has 124 valence electrons. The Bertz CT molecular complexity index is 775. The quantitative estimate of drug-likeness (QED) is 0.508. The number of halogens is 1. The number of hydrogen-bond donors (Lipinski definition) is 1. The van der Waals surface area contributed by atoms with Crippen LogP contribution in [0.1, 0.15) is 12.5 Å². The van der Waals surface area contributed by atoms with Gasteiger partial charge in [0.1, 0.15) is 11.5 Å². The van der Waals surface area contributed by atoms with E-state index < -0.39 is 11.0 Å². The van der Waals surface area contributed by atoms with E-state index in [0.29, 0.717) is 11.3 Å². The predicted octanol–water partition coefficient (Wildman–Crippen LogP) is 4.05. The van der Waals surface area contributed by atoms with Crippen molar-refractivity contribution in [3.05, 3.63) is 64.0 Å². The molecule has 7 nitrogen and oxygen atoms in total. The molecule has 0 aliphatic rings. The number of ether oxygens (including phenoxy) is 1. The van der Waals surface area contributed by atoms with Crippen molar-refractivity contribution in [3.63, 3.8) is 0 Å². The average molecular weight is 331 g/mol. The van der Waals surface area contributed by atoms with Gasteiger partial charge in [-0.2, -0.15) is 0 Å². The summed E-state index contributed by atoms with van der Waals surface area (Å²) in [4.78, 5) is 26.0. The van der Waals surface area contributed by atoms with Crippen molar-refractivity contribution in [2.45, 2.75) is 6.92 Å². The van der Waals surface area contributed by atoms with Crippen LogP contribution in [0.4, 0.5) is 26.2 Å². The number of nitro groups is 1. The Morgan fingerprint density at radius 3 is 2.67 bits per heavy atom. The van der Waals surface area contributed by atoms with E-state index in [-0.39, 0.29) is 23.8 Å². The Hall–Kier alpha value is -3.29. The Labute approximate surface area is 136 Å². The topological polar surface area (TPSA) is 93.8 Å². The predicted molar refractivity (Wildman–Crippen MR) is 87.4 cm³/mol. The lowest BCUT2D eigenvalue weighted by molar-refractivity contribution is -0.383. The van der Waals surface area contributed by atoms with Crippen LogP contribution in [0.5, 0.6) is 0 Å². The molecule has 0 aromatic heterocycles. The summed E-state index contributed by atoms with van der Waals surface area (Å²) in [6.45, 7) is 1.78. The summed E-state index contributed by atoms with van der Waals surface area (Å²) in [6.07, 6.45) is 0.680. The number of rotatable bonds is 5. The highest BCUT2D eigenvalue weighted by Crippen LogP contribution is 2.29. The molecular weight excluding hydrogens is 317 g/mol. The highest BCUT2D eigenvalue weighted by molar-refractivity contribution is 5.89. The molecular formula is C16H14FN3O4. The third-order valence-corrected chi connectivity index (χ3v) is 2.92. The zero-order valence-corrected chi connectivity index (χ0v) is 12.7. The lowest BCUT2D eigenvalue weighted by Crippen LogP contribution is -2.14. The van der Waals surface area contributed by atoms with E-state index in [9.17, 15) is 19.3 Å². The van der Waals surface area contributed by atoms with Crippen molar-refractivity contribution in [3.8, 4) is 0 Å². The normalized spacial score (nSPS) is 10.6. The van der Waals surface area contributed by atoms with Gasteiger partial charge in [-0.25, -0.2) is 9.18 Å². The molecule has 0 bridgehead atoms. The Morgan fingerprint density at radius 1 is 1.33 bits per heavy atom. The van der Waals surface area contributed by atoms with E-state index >= 15 is 0 Å². The van der Waals surface area contributed by atoms with E-state index in [4.69, 9.17) is 4.74 Å². The van der Waals surface area contributed by atoms with Crippen molar-refractivity contribution in [1.29, 1.82) is 0 Å². The summed E-state index contributed by atoms with van der Waals surface area (Å²) in [5.41, 5.74) is 0.671. The Morgan fingerprint density at radius 2 is 2.04 bits per heavy atom. The third-order valence-electron chi connectivity index (χ3n) is 2.92. The molecule has 1 N–H and O–H groups in total. The number of hydrogen-bond acceptors (Lipinski definition) is 5. The van der Waals surface area contributed by atoms with Gasteiger partial charge in [0, 0.05) is 12.3 Å². The van der Waals surface area contributed by atoms with Crippen molar-refractivity contribution in [1.82, 2.24) is 0 Å². The van der Waals surface area contributed by atoms with E-state index in [0.717, 1.165) is 0 Å². The van der Waals surface area contributed by atoms with Gasteiger partial charge in [0.2, 0.25) is 0 Å². The molecule has 0 saturated carbocycles. The van der Waals surface area contributed by atoms with Crippen LogP contribution in [-0.4, -0.2) is 23.8 Å². The number of nitrogens with one attached hydrogen (secondary N) is 1. The van der Waals surface area contributed by atoms with E-state index in [1.54, 1.807) is 6.92 Å². The number of nitrogens with zero attached hydrogens (tertiary/aromatic N) is 2. The summed E-state index contributed by atoms with van der Waals surface area (Å²) in [7, 11) is 0. The molecule has 1 amide bonds. The first kappa shape index (κ1) is 17.1. The lowest BCUT2D eigenvalue weighted by atomic mass is 10.2. The van der Waals surface area contributed by atoms with Crippen molar-refractivity contribution < 1.29 is 18.8 Å². The molecule has 2 aromatic carbocycles. The lowest BCUT2D eigenvalue weighted by Gasteiger charge is -2.06. The van der Waals surface area contributed by atoms with Gasteiger partial charge in [-0.1, -0.05) is 12.1 Å². The fourth-order valence-corrected chi connectivity index (χ4v) is 1.83. The molecule has 2 rings (SSSR count). The Balaban J connectivity index is 2.23. The van der Waals surface area contributed by atoms with Gasteiger partial charge in [0.25, 0.3) is 5.69 Å². The minimum absolute atomic E-state index is 0.0131.